The highest BCUT2D eigenvalue weighted by Crippen LogP contribution is 2.14. The van der Waals surface area contributed by atoms with Crippen molar-refractivity contribution in [3.63, 3.8) is 0 Å². The van der Waals surface area contributed by atoms with E-state index in [-0.39, 0.29) is 5.60 Å². The molecule has 0 saturated carbocycles. The molecule has 62 valence electrons. The summed E-state index contributed by atoms with van der Waals surface area (Å²) in [4.78, 5) is 9.54. The van der Waals surface area contributed by atoms with Gasteiger partial charge in [-0.05, 0) is 26.3 Å². The second kappa shape index (κ2) is 3.05. The Bertz CT molecular complexity index is 185. The lowest BCUT2D eigenvalue weighted by atomic mass is 10.1. The molecule has 0 aliphatic carbocycles. The highest BCUT2D eigenvalue weighted by molar-refractivity contribution is 5.91. The number of amidine groups is 1. The number of nitrogens with zero attached hydrogens (tertiary/aromatic N) is 1. The average Bonchev–Trinajstić information content (AvgIpc) is 2.10. The zero-order chi connectivity index (χ0) is 8.32. The third-order valence-electron chi connectivity index (χ3n) is 1.62. The van der Waals surface area contributed by atoms with Crippen molar-refractivity contribution in [2.24, 2.45) is 4.99 Å². The maximum absolute atomic E-state index is 5.34. The van der Waals surface area contributed by atoms with Crippen LogP contribution in [-0.2, 0) is 4.84 Å². The van der Waals surface area contributed by atoms with Gasteiger partial charge in [0.05, 0.1) is 5.60 Å². The molecule has 3 heteroatoms. The molecule has 1 N–H and O–H groups in total. The molecule has 0 aromatic carbocycles. The smallest absolute Gasteiger partial charge is 0.144 e. The Morgan fingerprint density at radius 1 is 1.73 bits per heavy atom. The highest BCUT2D eigenvalue weighted by Gasteiger charge is 2.20. The van der Waals surface area contributed by atoms with Gasteiger partial charge in [0, 0.05) is 6.54 Å². The number of nitrogens with one attached hydrogen (secondary N) is 1. The summed E-state index contributed by atoms with van der Waals surface area (Å²) < 4.78 is 0. The molecule has 3 nitrogen and oxygen atoms in total. The maximum Gasteiger partial charge on any atom is 0.144 e. The van der Waals surface area contributed by atoms with Crippen molar-refractivity contribution < 1.29 is 4.84 Å². The van der Waals surface area contributed by atoms with Gasteiger partial charge < -0.3 is 0 Å². The van der Waals surface area contributed by atoms with Crippen LogP contribution in [0.5, 0.6) is 0 Å². The van der Waals surface area contributed by atoms with Crippen molar-refractivity contribution >= 4 is 5.84 Å². The zero-order valence-electron chi connectivity index (χ0n) is 7.05. The van der Waals surface area contributed by atoms with Crippen LogP contribution in [0.15, 0.2) is 17.6 Å². The van der Waals surface area contributed by atoms with E-state index in [9.17, 15) is 0 Å². The summed E-state index contributed by atoms with van der Waals surface area (Å²) in [6.07, 6.45) is 2.58. The molecular formula is C8H14N2O. The number of aliphatic imine (C=N–C) groups is 1. The Kier molecular flexibility index (Phi) is 2.29. The first-order valence-corrected chi connectivity index (χ1v) is 3.75. The van der Waals surface area contributed by atoms with Gasteiger partial charge >= 0.3 is 0 Å². The van der Waals surface area contributed by atoms with E-state index in [0.29, 0.717) is 0 Å². The van der Waals surface area contributed by atoms with Gasteiger partial charge in [0.25, 0.3) is 0 Å². The van der Waals surface area contributed by atoms with Gasteiger partial charge in [-0.3, -0.25) is 9.83 Å². The largest absolute Gasteiger partial charge is 0.269 e. The molecule has 0 aromatic rings. The molecule has 1 rings (SSSR count). The van der Waals surface area contributed by atoms with E-state index < -0.39 is 0 Å². The first-order chi connectivity index (χ1) is 5.14. The standard InChI is InChI=1S/C8H14N2O/c1-4-7-9-6-5-8(2,3)11-10-7/h4H,1,5-6H2,2-3H3,(H,9,10). The average molecular weight is 154 g/mol. The van der Waals surface area contributed by atoms with Crippen LogP contribution in [0.4, 0.5) is 0 Å². The van der Waals surface area contributed by atoms with Crippen molar-refractivity contribution in [1.29, 1.82) is 0 Å². The number of hydrogen-bond donors (Lipinski definition) is 1. The van der Waals surface area contributed by atoms with E-state index in [1.165, 1.54) is 0 Å². The molecule has 0 bridgehead atoms. The third-order valence-corrected chi connectivity index (χ3v) is 1.62. The second-order valence-corrected chi connectivity index (χ2v) is 3.18. The lowest BCUT2D eigenvalue weighted by molar-refractivity contribution is -0.0545. The SMILES string of the molecule is C=CC1=NCCC(C)(C)ON1. The van der Waals surface area contributed by atoms with Crippen LogP contribution < -0.4 is 5.48 Å². The maximum atomic E-state index is 5.34. The molecular weight excluding hydrogens is 140 g/mol. The van der Waals surface area contributed by atoms with Gasteiger partial charge in [-0.25, -0.2) is 5.48 Å². The fourth-order valence-electron chi connectivity index (χ4n) is 0.826. The fourth-order valence-corrected chi connectivity index (χ4v) is 0.826. The minimum absolute atomic E-state index is 0.131. The Balaban J connectivity index is 2.57. The first kappa shape index (κ1) is 8.27. The van der Waals surface area contributed by atoms with Crippen LogP contribution in [0.25, 0.3) is 0 Å². The van der Waals surface area contributed by atoms with Gasteiger partial charge in [0.2, 0.25) is 0 Å². The van der Waals surface area contributed by atoms with Crippen molar-refractivity contribution in [2.75, 3.05) is 6.54 Å². The summed E-state index contributed by atoms with van der Waals surface area (Å²) in [6.45, 7) is 8.45. The number of rotatable bonds is 1. The summed E-state index contributed by atoms with van der Waals surface area (Å²) in [7, 11) is 0. The molecule has 0 spiro atoms. The van der Waals surface area contributed by atoms with Gasteiger partial charge in [-0.1, -0.05) is 6.58 Å². The normalized spacial score (nSPS) is 22.9. The lowest BCUT2D eigenvalue weighted by Gasteiger charge is -2.21. The van der Waals surface area contributed by atoms with Crippen molar-refractivity contribution in [2.45, 2.75) is 25.9 Å². The molecule has 0 saturated heterocycles. The van der Waals surface area contributed by atoms with Gasteiger partial charge in [-0.2, -0.15) is 0 Å². The number of hydroxylamine groups is 1. The quantitative estimate of drug-likeness (QED) is 0.617. The van der Waals surface area contributed by atoms with Crippen LogP contribution in [0, 0.1) is 0 Å². The van der Waals surface area contributed by atoms with Gasteiger partial charge in [0.15, 0.2) is 0 Å². The molecule has 0 fully saturated rings. The molecule has 1 aliphatic rings. The Labute approximate surface area is 67.1 Å². The Morgan fingerprint density at radius 2 is 2.45 bits per heavy atom. The Morgan fingerprint density at radius 3 is 3.09 bits per heavy atom. The van der Waals surface area contributed by atoms with Crippen LogP contribution in [0.1, 0.15) is 20.3 Å². The summed E-state index contributed by atoms with van der Waals surface area (Å²) in [5.74, 6) is 0.718. The number of hydrogen-bond acceptors (Lipinski definition) is 3. The molecule has 0 unspecified atom stereocenters. The third kappa shape index (κ3) is 2.35. The topological polar surface area (TPSA) is 33.6 Å². The molecule has 0 radical (unpaired) electrons. The summed E-state index contributed by atoms with van der Waals surface area (Å²) in [5, 5.41) is 0. The van der Waals surface area contributed by atoms with E-state index >= 15 is 0 Å². The van der Waals surface area contributed by atoms with E-state index in [2.05, 4.69) is 17.1 Å². The molecule has 1 aliphatic heterocycles. The van der Waals surface area contributed by atoms with Crippen LogP contribution in [0.3, 0.4) is 0 Å². The molecule has 0 amide bonds. The molecule has 1 heterocycles. The van der Waals surface area contributed by atoms with Crippen LogP contribution >= 0.6 is 0 Å². The fraction of sp³-hybridized carbons (Fsp3) is 0.625. The Hall–Kier alpha value is -0.830. The van der Waals surface area contributed by atoms with Crippen molar-refractivity contribution in [3.05, 3.63) is 12.7 Å². The van der Waals surface area contributed by atoms with E-state index in [1.54, 1.807) is 6.08 Å². The second-order valence-electron chi connectivity index (χ2n) is 3.18. The van der Waals surface area contributed by atoms with Crippen molar-refractivity contribution in [1.82, 2.24) is 5.48 Å². The van der Waals surface area contributed by atoms with Crippen LogP contribution in [-0.4, -0.2) is 18.0 Å². The highest BCUT2D eigenvalue weighted by atomic mass is 16.7. The van der Waals surface area contributed by atoms with E-state index in [1.807, 2.05) is 13.8 Å². The summed E-state index contributed by atoms with van der Waals surface area (Å²) >= 11 is 0. The molecule has 11 heavy (non-hydrogen) atoms. The minimum Gasteiger partial charge on any atom is -0.269 e. The van der Waals surface area contributed by atoms with Crippen LogP contribution in [0.2, 0.25) is 0 Å². The van der Waals surface area contributed by atoms with Gasteiger partial charge in [-0.15, -0.1) is 0 Å². The van der Waals surface area contributed by atoms with Crippen molar-refractivity contribution in [3.8, 4) is 0 Å². The van der Waals surface area contributed by atoms with E-state index in [0.717, 1.165) is 18.8 Å². The lowest BCUT2D eigenvalue weighted by Crippen LogP contribution is -2.32. The van der Waals surface area contributed by atoms with E-state index in [4.69, 9.17) is 4.84 Å². The predicted molar refractivity (Wildman–Crippen MR) is 45.4 cm³/mol. The monoisotopic (exact) mass is 154 g/mol. The minimum atomic E-state index is -0.131. The molecule has 0 aromatic heterocycles. The first-order valence-electron chi connectivity index (χ1n) is 3.75. The van der Waals surface area contributed by atoms with Gasteiger partial charge in [0.1, 0.15) is 5.84 Å². The summed E-state index contributed by atoms with van der Waals surface area (Å²) in [6, 6.07) is 0. The summed E-state index contributed by atoms with van der Waals surface area (Å²) in [5.41, 5.74) is 2.62. The zero-order valence-corrected chi connectivity index (χ0v) is 7.05. The predicted octanol–water partition coefficient (Wildman–Crippen LogP) is 1.27. The molecule has 0 atom stereocenters.